The van der Waals surface area contributed by atoms with Gasteiger partial charge in [-0.25, -0.2) is 0 Å². The highest BCUT2D eigenvalue weighted by atomic mass is 16.7. The molecule has 2 fully saturated rings. The van der Waals surface area contributed by atoms with Gasteiger partial charge in [0.15, 0.2) is 12.6 Å². The Morgan fingerprint density at radius 2 is 0.805 bits per heavy atom. The summed E-state index contributed by atoms with van der Waals surface area (Å²) in [5.74, 6) is -0.237. The van der Waals surface area contributed by atoms with Gasteiger partial charge in [0, 0.05) is 6.42 Å². The number of carbonyl (C=O) groups excluding carboxylic acids is 1. The molecular weight excluding hydrogens is 1040 g/mol. The average molecular weight is 1160 g/mol. The Kier molecular flexibility index (Phi) is 49.3. The number of nitrogens with one attached hydrogen (secondary N) is 1. The minimum Gasteiger partial charge on any atom is -0.394 e. The molecule has 14 heteroatoms. The van der Waals surface area contributed by atoms with E-state index in [9.17, 15) is 45.6 Å². The number of ether oxygens (including phenoxy) is 4. The van der Waals surface area contributed by atoms with Crippen molar-refractivity contribution in [3.8, 4) is 0 Å². The fourth-order valence-corrected chi connectivity index (χ4v) is 11.1. The summed E-state index contributed by atoms with van der Waals surface area (Å²) >= 11 is 0. The van der Waals surface area contributed by atoms with Crippen LogP contribution < -0.4 is 5.32 Å². The van der Waals surface area contributed by atoms with Crippen LogP contribution in [0.15, 0.2) is 48.6 Å². The molecule has 2 aliphatic rings. The summed E-state index contributed by atoms with van der Waals surface area (Å²) in [5.41, 5.74) is 0. The lowest BCUT2D eigenvalue weighted by atomic mass is 9.97. The zero-order valence-corrected chi connectivity index (χ0v) is 52.0. The Balaban J connectivity index is 1.63. The summed E-state index contributed by atoms with van der Waals surface area (Å²) < 4.78 is 22.8. The van der Waals surface area contributed by atoms with Gasteiger partial charge in [0.1, 0.15) is 48.8 Å². The lowest BCUT2D eigenvalue weighted by Crippen LogP contribution is -2.65. The first kappa shape index (κ1) is 76.0. The van der Waals surface area contributed by atoms with Crippen molar-refractivity contribution in [2.45, 2.75) is 357 Å². The molecule has 14 nitrogen and oxygen atoms in total. The standard InChI is InChI=1S/C68H125NO13/c1-3-5-7-9-11-13-15-17-19-20-21-22-23-24-25-26-27-28-29-30-31-32-33-34-35-36-38-40-42-44-46-48-50-52-60(73)69-56(57(72)51-49-47-45-43-41-39-37-18-16-14-12-10-8-6-4-2)55-79-67-65(78)63(76)66(59(54-71)81-67)82-68-64(77)62(75)61(74)58(53-70)80-68/h15,17,20-21,23-24,49,51,56-59,61-68,70-72,74-78H,3-14,16,18-19,22,25-48,50,52-55H2,1-2H3,(H,69,73)/b17-15-,21-20-,24-23-,51-49+. The predicted molar refractivity (Wildman–Crippen MR) is 332 cm³/mol. The van der Waals surface area contributed by atoms with Gasteiger partial charge in [-0.15, -0.1) is 0 Å². The molecule has 2 rings (SSSR count). The lowest BCUT2D eigenvalue weighted by molar-refractivity contribution is -0.359. The number of hydrogen-bond donors (Lipinski definition) is 9. The number of rotatable bonds is 55. The molecule has 2 aliphatic heterocycles. The smallest absolute Gasteiger partial charge is 0.220 e. The second kappa shape index (κ2) is 53.2. The highest BCUT2D eigenvalue weighted by molar-refractivity contribution is 5.76. The number of hydrogen-bond acceptors (Lipinski definition) is 13. The first-order chi connectivity index (χ1) is 40.1. The number of carbonyl (C=O) groups is 1. The zero-order valence-electron chi connectivity index (χ0n) is 52.0. The average Bonchev–Trinajstić information content (AvgIpc) is 3.60. The molecular formula is C68H125NO13. The van der Waals surface area contributed by atoms with E-state index in [-0.39, 0.29) is 18.9 Å². The summed E-state index contributed by atoms with van der Waals surface area (Å²) in [4.78, 5) is 13.3. The third-order valence-electron chi connectivity index (χ3n) is 16.5. The molecule has 12 unspecified atom stereocenters. The third-order valence-corrected chi connectivity index (χ3v) is 16.5. The van der Waals surface area contributed by atoms with E-state index in [4.69, 9.17) is 18.9 Å². The molecule has 0 aromatic carbocycles. The van der Waals surface area contributed by atoms with Gasteiger partial charge in [-0.05, 0) is 57.8 Å². The molecule has 1 amide bonds. The Morgan fingerprint density at radius 3 is 1.23 bits per heavy atom. The lowest BCUT2D eigenvalue weighted by Gasteiger charge is -2.46. The zero-order chi connectivity index (χ0) is 59.5. The normalized spacial score (nSPS) is 24.2. The van der Waals surface area contributed by atoms with Gasteiger partial charge in [-0.1, -0.05) is 268 Å². The monoisotopic (exact) mass is 1160 g/mol. The topological polar surface area (TPSA) is 228 Å². The maximum absolute atomic E-state index is 13.3. The molecule has 480 valence electrons. The minimum atomic E-state index is -1.79. The van der Waals surface area contributed by atoms with Crippen molar-refractivity contribution in [3.05, 3.63) is 48.6 Å². The highest BCUT2D eigenvalue weighted by Crippen LogP contribution is 2.30. The van der Waals surface area contributed by atoms with E-state index in [2.05, 4.69) is 55.6 Å². The van der Waals surface area contributed by atoms with Crippen LogP contribution in [0.4, 0.5) is 0 Å². The van der Waals surface area contributed by atoms with E-state index in [1.165, 1.54) is 205 Å². The Labute approximate surface area is 499 Å². The fourth-order valence-electron chi connectivity index (χ4n) is 11.1. The molecule has 0 bridgehead atoms. The number of unbranched alkanes of at least 4 members (excludes halogenated alkanes) is 36. The van der Waals surface area contributed by atoms with E-state index in [1.54, 1.807) is 6.08 Å². The van der Waals surface area contributed by atoms with Crippen molar-refractivity contribution in [1.29, 1.82) is 0 Å². The van der Waals surface area contributed by atoms with Gasteiger partial charge in [-0.3, -0.25) is 4.79 Å². The van der Waals surface area contributed by atoms with Crippen molar-refractivity contribution in [3.63, 3.8) is 0 Å². The van der Waals surface area contributed by atoms with E-state index in [0.29, 0.717) is 6.42 Å². The molecule has 0 aromatic rings. The maximum atomic E-state index is 13.3. The molecule has 0 radical (unpaired) electrons. The molecule has 2 heterocycles. The van der Waals surface area contributed by atoms with Crippen LogP contribution in [0, 0.1) is 0 Å². The van der Waals surface area contributed by atoms with Crippen molar-refractivity contribution in [2.75, 3.05) is 19.8 Å². The van der Waals surface area contributed by atoms with Gasteiger partial charge in [0.25, 0.3) is 0 Å². The maximum Gasteiger partial charge on any atom is 0.220 e. The second-order valence-electron chi connectivity index (χ2n) is 24.0. The number of aliphatic hydroxyl groups excluding tert-OH is 8. The third kappa shape index (κ3) is 37.5. The number of aliphatic hydroxyl groups is 8. The Bertz CT molecular complexity index is 1560. The SMILES string of the molecule is CCCCCCC/C=C\C/C=C\C/C=C\CCCCCCCCCCCCCCCCCCCCC(=O)NC(COC1OC(CO)C(OC2OC(CO)C(O)C(O)C2O)C(O)C1O)C(O)/C=C/CCCCCCCCCCCCCCC. The van der Waals surface area contributed by atoms with E-state index in [0.717, 1.165) is 51.4 Å². The van der Waals surface area contributed by atoms with Crippen LogP contribution >= 0.6 is 0 Å². The number of amides is 1. The van der Waals surface area contributed by atoms with Gasteiger partial charge in [0.05, 0.1) is 32.0 Å². The summed E-state index contributed by atoms with van der Waals surface area (Å²) in [6.45, 7) is 2.81. The summed E-state index contributed by atoms with van der Waals surface area (Å²) in [6, 6.07) is -0.914. The fraction of sp³-hybridized carbons (Fsp3) is 0.868. The van der Waals surface area contributed by atoms with E-state index >= 15 is 0 Å². The first-order valence-electron chi connectivity index (χ1n) is 33.9. The van der Waals surface area contributed by atoms with Gasteiger partial charge >= 0.3 is 0 Å². The Morgan fingerprint density at radius 1 is 0.439 bits per heavy atom. The minimum absolute atomic E-state index is 0.237. The molecule has 0 aromatic heterocycles. The van der Waals surface area contributed by atoms with Crippen molar-refractivity contribution in [2.24, 2.45) is 0 Å². The molecule has 9 N–H and O–H groups in total. The van der Waals surface area contributed by atoms with Crippen LogP contribution in [-0.4, -0.2) is 140 Å². The highest BCUT2D eigenvalue weighted by Gasteiger charge is 2.51. The second-order valence-corrected chi connectivity index (χ2v) is 24.0. The molecule has 0 aliphatic carbocycles. The largest absolute Gasteiger partial charge is 0.394 e. The molecule has 12 atom stereocenters. The Hall–Kier alpha value is -2.05. The van der Waals surface area contributed by atoms with Crippen LogP contribution in [0.2, 0.25) is 0 Å². The van der Waals surface area contributed by atoms with Crippen molar-refractivity contribution >= 4 is 5.91 Å². The molecule has 2 saturated heterocycles. The van der Waals surface area contributed by atoms with Gasteiger partial charge < -0.3 is 65.1 Å². The van der Waals surface area contributed by atoms with Crippen molar-refractivity contribution in [1.82, 2.24) is 5.32 Å². The van der Waals surface area contributed by atoms with Gasteiger partial charge in [0.2, 0.25) is 5.91 Å². The van der Waals surface area contributed by atoms with E-state index in [1.807, 2.05) is 6.08 Å². The van der Waals surface area contributed by atoms with Crippen molar-refractivity contribution < 1.29 is 64.6 Å². The van der Waals surface area contributed by atoms with Gasteiger partial charge in [-0.2, -0.15) is 0 Å². The quantitative estimate of drug-likeness (QED) is 0.0204. The van der Waals surface area contributed by atoms with Crippen LogP contribution in [-0.2, 0) is 23.7 Å². The summed E-state index contributed by atoms with van der Waals surface area (Å²) in [5, 5.41) is 87.2. The summed E-state index contributed by atoms with van der Waals surface area (Å²) in [6.07, 6.45) is 51.7. The van der Waals surface area contributed by atoms with Crippen LogP contribution in [0.5, 0.6) is 0 Å². The molecule has 0 spiro atoms. The van der Waals surface area contributed by atoms with E-state index < -0.39 is 86.8 Å². The van der Waals surface area contributed by atoms with Crippen LogP contribution in [0.1, 0.15) is 284 Å². The summed E-state index contributed by atoms with van der Waals surface area (Å²) in [7, 11) is 0. The molecule has 82 heavy (non-hydrogen) atoms. The molecule has 0 saturated carbocycles. The van der Waals surface area contributed by atoms with Crippen LogP contribution in [0.3, 0.4) is 0 Å². The first-order valence-corrected chi connectivity index (χ1v) is 33.9. The predicted octanol–water partition coefficient (Wildman–Crippen LogP) is 13.1. The van der Waals surface area contributed by atoms with Crippen LogP contribution in [0.25, 0.3) is 0 Å². The number of allylic oxidation sites excluding steroid dienone is 7.